The summed E-state index contributed by atoms with van der Waals surface area (Å²) >= 11 is 0. The molecule has 0 saturated heterocycles. The van der Waals surface area contributed by atoms with Gasteiger partial charge in [0, 0.05) is 5.41 Å². The average Bonchev–Trinajstić information content (AvgIpc) is 2.80. The van der Waals surface area contributed by atoms with E-state index in [9.17, 15) is 0 Å². The SMILES string of the molecule is CCCCCCCCCCCCCCC1(c2ccccc2)CCCc2ccccc21. The van der Waals surface area contributed by atoms with E-state index in [0.29, 0.717) is 0 Å². The van der Waals surface area contributed by atoms with E-state index in [2.05, 4.69) is 61.5 Å². The van der Waals surface area contributed by atoms with Crippen LogP contribution in [-0.4, -0.2) is 0 Å². The van der Waals surface area contributed by atoms with Crippen molar-refractivity contribution in [1.82, 2.24) is 0 Å². The highest BCUT2D eigenvalue weighted by Crippen LogP contribution is 2.46. The molecule has 0 aromatic heterocycles. The zero-order chi connectivity index (χ0) is 20.9. The van der Waals surface area contributed by atoms with Crippen molar-refractivity contribution in [3.8, 4) is 0 Å². The number of rotatable bonds is 14. The molecule has 0 spiro atoms. The molecule has 3 rings (SSSR count). The molecule has 0 N–H and O–H groups in total. The molecule has 164 valence electrons. The van der Waals surface area contributed by atoms with Gasteiger partial charge in [0.25, 0.3) is 0 Å². The van der Waals surface area contributed by atoms with Crippen molar-refractivity contribution in [3.63, 3.8) is 0 Å². The van der Waals surface area contributed by atoms with Crippen LogP contribution >= 0.6 is 0 Å². The molecular formula is C30H44. The Morgan fingerprint density at radius 1 is 0.633 bits per heavy atom. The molecule has 0 bridgehead atoms. The van der Waals surface area contributed by atoms with Crippen molar-refractivity contribution in [2.45, 2.75) is 115 Å². The van der Waals surface area contributed by atoms with E-state index in [4.69, 9.17) is 0 Å². The first kappa shape index (κ1) is 23.1. The van der Waals surface area contributed by atoms with Crippen LogP contribution in [0.3, 0.4) is 0 Å². The maximum Gasteiger partial charge on any atom is 0.0205 e. The highest BCUT2D eigenvalue weighted by molar-refractivity contribution is 5.45. The highest BCUT2D eigenvalue weighted by atomic mass is 14.4. The van der Waals surface area contributed by atoms with Crippen LogP contribution in [0, 0.1) is 0 Å². The molecule has 0 amide bonds. The van der Waals surface area contributed by atoms with Crippen LogP contribution in [0.4, 0.5) is 0 Å². The Balaban J connectivity index is 1.44. The number of aryl methyl sites for hydroxylation is 1. The summed E-state index contributed by atoms with van der Waals surface area (Å²) in [5.41, 5.74) is 4.99. The van der Waals surface area contributed by atoms with E-state index in [1.54, 1.807) is 16.7 Å². The lowest BCUT2D eigenvalue weighted by Gasteiger charge is -2.40. The molecule has 0 aliphatic heterocycles. The summed E-state index contributed by atoms with van der Waals surface area (Å²) in [4.78, 5) is 0. The van der Waals surface area contributed by atoms with Crippen LogP contribution in [0.5, 0.6) is 0 Å². The van der Waals surface area contributed by atoms with Crippen LogP contribution in [0.2, 0.25) is 0 Å². The third-order valence-electron chi connectivity index (χ3n) is 7.37. The van der Waals surface area contributed by atoms with Gasteiger partial charge in [-0.2, -0.15) is 0 Å². The van der Waals surface area contributed by atoms with E-state index < -0.39 is 0 Å². The van der Waals surface area contributed by atoms with Crippen LogP contribution in [-0.2, 0) is 11.8 Å². The number of fused-ring (bicyclic) bond motifs is 1. The predicted octanol–water partition coefficient (Wildman–Crippen LogP) is 9.40. The van der Waals surface area contributed by atoms with Crippen LogP contribution in [0.25, 0.3) is 0 Å². The molecule has 1 atom stereocenters. The van der Waals surface area contributed by atoms with Crippen LogP contribution < -0.4 is 0 Å². The fourth-order valence-corrected chi connectivity index (χ4v) is 5.65. The fourth-order valence-electron chi connectivity index (χ4n) is 5.65. The average molecular weight is 405 g/mol. The Morgan fingerprint density at radius 3 is 1.87 bits per heavy atom. The zero-order valence-corrected chi connectivity index (χ0v) is 19.5. The smallest absolute Gasteiger partial charge is 0.0205 e. The van der Waals surface area contributed by atoms with E-state index in [1.165, 1.54) is 103 Å². The monoisotopic (exact) mass is 404 g/mol. The van der Waals surface area contributed by atoms with Gasteiger partial charge in [0.1, 0.15) is 0 Å². The van der Waals surface area contributed by atoms with Crippen molar-refractivity contribution in [1.29, 1.82) is 0 Å². The first-order chi connectivity index (χ1) is 14.9. The molecule has 1 unspecified atom stereocenters. The molecule has 2 aromatic carbocycles. The van der Waals surface area contributed by atoms with Crippen molar-refractivity contribution in [3.05, 3.63) is 71.3 Å². The normalized spacial score (nSPS) is 18.3. The summed E-state index contributed by atoms with van der Waals surface area (Å²) in [5.74, 6) is 0. The minimum Gasteiger partial charge on any atom is -0.0654 e. The molecule has 1 aliphatic carbocycles. The third-order valence-corrected chi connectivity index (χ3v) is 7.37. The minimum absolute atomic E-state index is 0.245. The number of hydrogen-bond donors (Lipinski definition) is 0. The van der Waals surface area contributed by atoms with Gasteiger partial charge in [-0.15, -0.1) is 0 Å². The molecule has 0 saturated carbocycles. The molecule has 30 heavy (non-hydrogen) atoms. The van der Waals surface area contributed by atoms with Gasteiger partial charge < -0.3 is 0 Å². The summed E-state index contributed by atoms with van der Waals surface area (Å²) in [7, 11) is 0. The Labute approximate surface area is 186 Å². The summed E-state index contributed by atoms with van der Waals surface area (Å²) in [6, 6.07) is 20.7. The summed E-state index contributed by atoms with van der Waals surface area (Å²) in [6.45, 7) is 2.30. The Kier molecular flexibility index (Phi) is 10.0. The lowest BCUT2D eigenvalue weighted by Crippen LogP contribution is -2.32. The number of unbranched alkanes of at least 4 members (excludes halogenated alkanes) is 11. The van der Waals surface area contributed by atoms with Crippen molar-refractivity contribution in [2.24, 2.45) is 0 Å². The second-order valence-electron chi connectivity index (χ2n) is 9.60. The second-order valence-corrected chi connectivity index (χ2v) is 9.60. The maximum absolute atomic E-state index is 2.42. The van der Waals surface area contributed by atoms with Crippen molar-refractivity contribution in [2.75, 3.05) is 0 Å². The lowest BCUT2D eigenvalue weighted by molar-refractivity contribution is 0.379. The molecule has 0 heteroatoms. The third kappa shape index (κ3) is 6.47. The first-order valence-electron chi connectivity index (χ1n) is 13.0. The van der Waals surface area contributed by atoms with Gasteiger partial charge in [-0.1, -0.05) is 139 Å². The van der Waals surface area contributed by atoms with Crippen molar-refractivity contribution >= 4 is 0 Å². The Morgan fingerprint density at radius 2 is 1.20 bits per heavy atom. The van der Waals surface area contributed by atoms with E-state index in [-0.39, 0.29) is 5.41 Å². The first-order valence-corrected chi connectivity index (χ1v) is 13.0. The minimum atomic E-state index is 0.245. The maximum atomic E-state index is 2.42. The molecule has 0 heterocycles. The van der Waals surface area contributed by atoms with E-state index in [1.807, 2.05) is 0 Å². The summed E-state index contributed by atoms with van der Waals surface area (Å²) in [6.07, 6.45) is 22.3. The van der Waals surface area contributed by atoms with Gasteiger partial charge in [-0.05, 0) is 42.4 Å². The second kappa shape index (κ2) is 13.0. The van der Waals surface area contributed by atoms with Gasteiger partial charge >= 0.3 is 0 Å². The van der Waals surface area contributed by atoms with E-state index >= 15 is 0 Å². The molecular weight excluding hydrogens is 360 g/mol. The number of benzene rings is 2. The number of hydrogen-bond acceptors (Lipinski definition) is 0. The predicted molar refractivity (Wildman–Crippen MR) is 132 cm³/mol. The molecule has 0 radical (unpaired) electrons. The van der Waals surface area contributed by atoms with Gasteiger partial charge in [0.15, 0.2) is 0 Å². The summed E-state index contributed by atoms with van der Waals surface area (Å²) < 4.78 is 0. The molecule has 1 aliphatic rings. The Hall–Kier alpha value is -1.56. The Bertz CT molecular complexity index is 701. The standard InChI is InChI=1S/C30H44/c1-2-3-4-5-6-7-8-9-10-11-12-18-25-30(28-22-14-13-15-23-28)26-19-21-27-20-16-17-24-29(27)30/h13-17,20,22-24H,2-12,18-19,21,25-26H2,1H3. The topological polar surface area (TPSA) is 0 Å². The van der Waals surface area contributed by atoms with Gasteiger partial charge in [0.05, 0.1) is 0 Å². The van der Waals surface area contributed by atoms with Gasteiger partial charge in [-0.25, -0.2) is 0 Å². The van der Waals surface area contributed by atoms with Gasteiger partial charge in [-0.3, -0.25) is 0 Å². The lowest BCUT2D eigenvalue weighted by atomic mass is 9.63. The van der Waals surface area contributed by atoms with E-state index in [0.717, 1.165) is 0 Å². The van der Waals surface area contributed by atoms with Gasteiger partial charge in [0.2, 0.25) is 0 Å². The van der Waals surface area contributed by atoms with Crippen LogP contribution in [0.1, 0.15) is 120 Å². The fraction of sp³-hybridized carbons (Fsp3) is 0.600. The molecule has 0 nitrogen and oxygen atoms in total. The van der Waals surface area contributed by atoms with Crippen molar-refractivity contribution < 1.29 is 0 Å². The summed E-state index contributed by atoms with van der Waals surface area (Å²) in [5, 5.41) is 0. The van der Waals surface area contributed by atoms with Crippen LogP contribution in [0.15, 0.2) is 54.6 Å². The zero-order valence-electron chi connectivity index (χ0n) is 19.5. The molecule has 2 aromatic rings. The highest BCUT2D eigenvalue weighted by Gasteiger charge is 2.37. The quantitative estimate of drug-likeness (QED) is 0.275. The largest absolute Gasteiger partial charge is 0.0654 e. The molecule has 0 fully saturated rings.